The summed E-state index contributed by atoms with van der Waals surface area (Å²) in [6.45, 7) is 6.91. The van der Waals surface area contributed by atoms with E-state index in [0.29, 0.717) is 6.42 Å². The predicted octanol–water partition coefficient (Wildman–Crippen LogP) is 0.991. The molecule has 1 N–H and O–H groups in total. The van der Waals surface area contributed by atoms with Gasteiger partial charge >= 0.3 is 11.7 Å². The van der Waals surface area contributed by atoms with Gasteiger partial charge in [-0.3, -0.25) is 19.1 Å². The minimum absolute atomic E-state index is 0.0150. The monoisotopic (exact) mass is 612 g/mol. The first-order valence-electron chi connectivity index (χ1n) is 15.1. The van der Waals surface area contributed by atoms with E-state index in [1.807, 2.05) is 0 Å². The summed E-state index contributed by atoms with van der Waals surface area (Å²) >= 11 is 0. The minimum atomic E-state index is -5.30. The predicted molar refractivity (Wildman–Crippen MR) is 152 cm³/mol. The van der Waals surface area contributed by atoms with E-state index in [0.717, 1.165) is 37.2 Å². The van der Waals surface area contributed by atoms with Crippen molar-refractivity contribution in [3.63, 3.8) is 0 Å². The average molecular weight is 613 g/mol. The third kappa shape index (κ3) is 11.7. The number of ether oxygens (including phenoxy) is 2. The van der Waals surface area contributed by atoms with Gasteiger partial charge in [-0.1, -0.05) is 39.0 Å². The summed E-state index contributed by atoms with van der Waals surface area (Å²) in [6.07, 6.45) is 13.2. The number of carbonyl (C=O) groups is 1. The molecule has 0 aromatic carbocycles. The summed E-state index contributed by atoms with van der Waals surface area (Å²) in [5.74, 6) is -0.498. The highest BCUT2D eigenvalue weighted by molar-refractivity contribution is 7.43. The van der Waals surface area contributed by atoms with Crippen molar-refractivity contribution >= 4 is 26.2 Å². The number of hydrogen-bond acceptors (Lipinski definition) is 9. The van der Waals surface area contributed by atoms with Crippen molar-refractivity contribution in [2.45, 2.75) is 103 Å². The lowest BCUT2D eigenvalue weighted by atomic mass is 10.1. The Hall–Kier alpha value is -2.44. The molecule has 3 heterocycles. The molecule has 1 saturated heterocycles. The standard InChI is InChI=1S/C28H45N4O9P/c1-3-4-5-6-7-8-10-13-30-15-17-31(18-16-30)14-11-9-12-26(33)41-23-19-25(40-24(23)21-39-42(36,37)38)32-20-22(2)27(34)29-28(32)35/h15,17,20,23-25H,3-14,16,18-19,21H2,1-2H3,(H-2,29,34,35,36,37,38). The Balaban J connectivity index is 1.42. The van der Waals surface area contributed by atoms with Crippen LogP contribution in [0.15, 0.2) is 15.8 Å². The fraction of sp³-hybridized carbons (Fsp3) is 0.750. The van der Waals surface area contributed by atoms with Gasteiger partial charge in [0.15, 0.2) is 0 Å². The lowest BCUT2D eigenvalue weighted by Crippen LogP contribution is -2.34. The Morgan fingerprint density at radius 2 is 1.67 bits per heavy atom. The lowest BCUT2D eigenvalue weighted by Gasteiger charge is -2.30. The molecular formula is C28H45N4O9P. The molecular weight excluding hydrogens is 567 g/mol. The Labute approximate surface area is 246 Å². The molecule has 236 valence electrons. The number of nitrogens with one attached hydrogen (secondary N) is 1. The second-order valence-corrected chi connectivity index (χ2v) is 12.2. The number of esters is 1. The molecule has 0 saturated carbocycles. The van der Waals surface area contributed by atoms with E-state index in [4.69, 9.17) is 9.47 Å². The molecule has 3 unspecified atom stereocenters. The summed E-state index contributed by atoms with van der Waals surface area (Å²) in [5.41, 5.74) is -1.01. The van der Waals surface area contributed by atoms with E-state index in [-0.39, 0.29) is 18.4 Å². The molecule has 1 aromatic rings. The van der Waals surface area contributed by atoms with Crippen LogP contribution >= 0.6 is 7.82 Å². The van der Waals surface area contributed by atoms with E-state index in [1.54, 1.807) is 0 Å². The Morgan fingerprint density at radius 3 is 2.29 bits per heavy atom. The van der Waals surface area contributed by atoms with Crippen molar-refractivity contribution in [3.05, 3.63) is 32.6 Å². The van der Waals surface area contributed by atoms with Crippen LogP contribution in [0, 0.1) is 6.92 Å². The number of phosphoric acid groups is 1. The summed E-state index contributed by atoms with van der Waals surface area (Å²) < 4.78 is 32.4. The summed E-state index contributed by atoms with van der Waals surface area (Å²) in [5, 5.41) is 0. The molecule has 13 nitrogen and oxygen atoms in total. The maximum absolute atomic E-state index is 12.6. The maximum atomic E-state index is 12.6. The SMILES string of the molecule is CCCCCCCCC[N+]1=CC=[N+](CCCCC(=O)OC2CC(n3cc(C)c(=O)[nH]c3=O)OC2COP(=O)([O-])[O-])CC1. The molecule has 1 aromatic heterocycles. The number of aromatic nitrogens is 2. The number of aryl methyl sites for hydroxylation is 1. The molecule has 1 fully saturated rings. The van der Waals surface area contributed by atoms with Crippen LogP contribution in [0.1, 0.15) is 89.3 Å². The molecule has 0 spiro atoms. The first-order chi connectivity index (χ1) is 20.1. The summed E-state index contributed by atoms with van der Waals surface area (Å²) in [7, 11) is -5.30. The zero-order valence-corrected chi connectivity index (χ0v) is 25.6. The van der Waals surface area contributed by atoms with Crippen LogP contribution in [0.4, 0.5) is 0 Å². The van der Waals surface area contributed by atoms with Gasteiger partial charge in [0.05, 0.1) is 14.4 Å². The van der Waals surface area contributed by atoms with E-state index >= 15 is 0 Å². The van der Waals surface area contributed by atoms with E-state index in [1.165, 1.54) is 58.1 Å². The van der Waals surface area contributed by atoms with Crippen LogP contribution in [0.5, 0.6) is 0 Å². The van der Waals surface area contributed by atoms with Gasteiger partial charge in [-0.15, -0.1) is 0 Å². The summed E-state index contributed by atoms with van der Waals surface area (Å²) in [4.78, 5) is 60.8. The smallest absolute Gasteiger partial charge is 0.330 e. The van der Waals surface area contributed by atoms with Crippen molar-refractivity contribution in [2.75, 3.05) is 32.8 Å². The van der Waals surface area contributed by atoms with Crippen molar-refractivity contribution in [1.29, 1.82) is 0 Å². The van der Waals surface area contributed by atoms with Crippen LogP contribution in [0.2, 0.25) is 0 Å². The molecule has 42 heavy (non-hydrogen) atoms. The number of hydrogen-bond donors (Lipinski definition) is 1. The Bertz CT molecular complexity index is 1250. The summed E-state index contributed by atoms with van der Waals surface area (Å²) in [6, 6.07) is 0. The van der Waals surface area contributed by atoms with E-state index < -0.39 is 50.1 Å². The topological polar surface area (TPSA) is 169 Å². The molecule has 0 bridgehead atoms. The van der Waals surface area contributed by atoms with Crippen LogP contribution in [0.25, 0.3) is 0 Å². The number of H-pyrrole nitrogens is 1. The third-order valence-corrected chi connectivity index (χ3v) is 8.07. The van der Waals surface area contributed by atoms with Crippen LogP contribution in [0.3, 0.4) is 0 Å². The molecule has 0 amide bonds. The van der Waals surface area contributed by atoms with Gasteiger partial charge in [-0.25, -0.2) is 13.9 Å². The number of phosphoric ester groups is 1. The fourth-order valence-corrected chi connectivity index (χ4v) is 5.49. The zero-order valence-electron chi connectivity index (χ0n) is 24.7. The fourth-order valence-electron chi connectivity index (χ4n) is 5.16. The molecule has 2 aliphatic rings. The van der Waals surface area contributed by atoms with Gasteiger partial charge in [0.25, 0.3) is 5.56 Å². The van der Waals surface area contributed by atoms with Gasteiger partial charge in [0, 0.05) is 37.4 Å². The van der Waals surface area contributed by atoms with Crippen molar-refractivity contribution < 1.29 is 42.3 Å². The number of unbranched alkanes of at least 4 members (excludes halogenated alkanes) is 7. The second-order valence-electron chi connectivity index (χ2n) is 11.1. The highest BCUT2D eigenvalue weighted by atomic mass is 31.2. The minimum Gasteiger partial charge on any atom is -0.790 e. The lowest BCUT2D eigenvalue weighted by molar-refractivity contribution is -0.605. The van der Waals surface area contributed by atoms with Crippen molar-refractivity contribution in [2.24, 2.45) is 0 Å². The highest BCUT2D eigenvalue weighted by Gasteiger charge is 2.39. The van der Waals surface area contributed by atoms with E-state index in [2.05, 4.69) is 38.0 Å². The molecule has 0 radical (unpaired) electrons. The number of carbonyl (C=O) groups excluding carboxylic acids is 1. The second kappa shape index (κ2) is 17.0. The van der Waals surface area contributed by atoms with Crippen molar-refractivity contribution in [1.82, 2.24) is 9.55 Å². The average Bonchev–Trinajstić information content (AvgIpc) is 3.34. The largest absolute Gasteiger partial charge is 0.790 e. The molecule has 0 aliphatic carbocycles. The quantitative estimate of drug-likeness (QED) is 0.110. The van der Waals surface area contributed by atoms with Gasteiger partial charge < -0.3 is 28.3 Å². The Morgan fingerprint density at radius 1 is 1.05 bits per heavy atom. The molecule has 14 heteroatoms. The van der Waals surface area contributed by atoms with Crippen LogP contribution < -0.4 is 21.0 Å². The van der Waals surface area contributed by atoms with Crippen molar-refractivity contribution in [3.8, 4) is 0 Å². The molecule has 3 atom stereocenters. The number of nitrogens with zero attached hydrogens (tertiary/aromatic N) is 3. The van der Waals surface area contributed by atoms with Gasteiger partial charge in [0.2, 0.25) is 25.5 Å². The highest BCUT2D eigenvalue weighted by Crippen LogP contribution is 2.33. The Kier molecular flexibility index (Phi) is 13.8. The molecule has 2 aliphatic heterocycles. The van der Waals surface area contributed by atoms with Crippen LogP contribution in [-0.2, 0) is 23.4 Å². The number of aromatic amines is 1. The molecule has 3 rings (SSSR count). The van der Waals surface area contributed by atoms with Gasteiger partial charge in [-0.05, 0) is 19.8 Å². The maximum Gasteiger partial charge on any atom is 0.330 e. The van der Waals surface area contributed by atoms with Gasteiger partial charge in [0.1, 0.15) is 31.5 Å². The third-order valence-electron chi connectivity index (χ3n) is 7.60. The first kappa shape index (κ1) is 34.1. The van der Waals surface area contributed by atoms with Gasteiger partial charge in [-0.2, -0.15) is 0 Å². The first-order valence-corrected chi connectivity index (χ1v) is 16.5. The number of rotatable bonds is 18. The van der Waals surface area contributed by atoms with Crippen LogP contribution in [-0.4, -0.2) is 82.1 Å². The van der Waals surface area contributed by atoms with E-state index in [9.17, 15) is 28.7 Å². The normalized spacial score (nSPS) is 20.8. The zero-order chi connectivity index (χ0) is 30.5.